The van der Waals surface area contributed by atoms with E-state index in [1.807, 2.05) is 6.92 Å². The second-order valence-corrected chi connectivity index (χ2v) is 10.6. The molecule has 5 atom stereocenters. The van der Waals surface area contributed by atoms with Gasteiger partial charge in [0.2, 0.25) is 0 Å². The molecule has 174 valence electrons. The van der Waals surface area contributed by atoms with Gasteiger partial charge in [-0.05, 0) is 104 Å². The zero-order valence-electron chi connectivity index (χ0n) is 19.3. The predicted octanol–water partition coefficient (Wildman–Crippen LogP) is 6.02. The van der Waals surface area contributed by atoms with Crippen LogP contribution in [0, 0.1) is 30.1 Å². The molecule has 2 N–H and O–H groups in total. The second-order valence-electron chi connectivity index (χ2n) is 10.2. The van der Waals surface area contributed by atoms with Crippen molar-refractivity contribution in [1.82, 2.24) is 5.16 Å². The molecule has 2 saturated carbocycles. The van der Waals surface area contributed by atoms with Crippen molar-refractivity contribution in [2.45, 2.75) is 78.1 Å². The Morgan fingerprint density at radius 1 is 1.22 bits per heavy atom. The van der Waals surface area contributed by atoms with Crippen LogP contribution in [0.1, 0.15) is 80.0 Å². The van der Waals surface area contributed by atoms with Gasteiger partial charge in [-0.25, -0.2) is 0 Å². The molecule has 1 heterocycles. The van der Waals surface area contributed by atoms with E-state index in [1.54, 1.807) is 5.56 Å². The largest absolute Gasteiger partial charge is 0.398 e. The van der Waals surface area contributed by atoms with Gasteiger partial charge in [0.05, 0.1) is 5.69 Å². The third-order valence-corrected chi connectivity index (χ3v) is 9.18. The van der Waals surface area contributed by atoms with Gasteiger partial charge in [0.1, 0.15) is 11.5 Å². The van der Waals surface area contributed by atoms with Gasteiger partial charge in [-0.15, -0.1) is 9.32 Å². The number of fused-ring (bicyclic) bond motifs is 5. The molecule has 2 fully saturated rings. The van der Waals surface area contributed by atoms with Crippen molar-refractivity contribution in [2.75, 3.05) is 0 Å². The molecule has 3 aliphatic rings. The fraction of sp³-hybridized carbons (Fsp3) is 0.640. The summed E-state index contributed by atoms with van der Waals surface area (Å²) in [6.07, 6.45) is 9.58. The molecule has 32 heavy (non-hydrogen) atoms. The molecular formula is C25H34N2O4S. The minimum absolute atomic E-state index is 0.409. The van der Waals surface area contributed by atoms with Crippen molar-refractivity contribution in [3.8, 4) is 5.75 Å². The number of aromatic nitrogens is 1. The van der Waals surface area contributed by atoms with Crippen LogP contribution in [0.15, 0.2) is 22.7 Å². The average Bonchev–Trinajstić information content (AvgIpc) is 3.36. The van der Waals surface area contributed by atoms with Gasteiger partial charge in [0.15, 0.2) is 0 Å². The first-order valence-corrected chi connectivity index (χ1v) is 12.6. The maximum absolute atomic E-state index is 5.70. The fourth-order valence-corrected chi connectivity index (χ4v) is 7.55. The van der Waals surface area contributed by atoms with E-state index in [0.717, 1.165) is 60.6 Å². The van der Waals surface area contributed by atoms with Crippen molar-refractivity contribution >= 4 is 12.3 Å². The lowest BCUT2D eigenvalue weighted by atomic mass is 9.54. The Labute approximate surface area is 194 Å². The molecule has 3 unspecified atom stereocenters. The molecule has 0 aliphatic heterocycles. The Morgan fingerprint density at radius 2 is 2.09 bits per heavy atom. The van der Waals surface area contributed by atoms with Crippen LogP contribution in [-0.2, 0) is 28.6 Å². The number of rotatable bonds is 7. The maximum Gasteiger partial charge on any atom is 0.260 e. The predicted molar refractivity (Wildman–Crippen MR) is 123 cm³/mol. The lowest BCUT2D eigenvalue weighted by Gasteiger charge is -2.51. The van der Waals surface area contributed by atoms with Crippen molar-refractivity contribution in [3.63, 3.8) is 0 Å². The van der Waals surface area contributed by atoms with Crippen LogP contribution in [0.2, 0.25) is 0 Å². The topological polar surface area (TPSA) is 79.7 Å². The van der Waals surface area contributed by atoms with Crippen LogP contribution in [-0.4, -0.2) is 5.16 Å². The van der Waals surface area contributed by atoms with Crippen molar-refractivity contribution in [3.05, 3.63) is 46.3 Å². The number of aryl methyl sites for hydroxylation is 3. The third kappa shape index (κ3) is 3.87. The molecule has 2 aromatic rings. The zero-order valence-corrected chi connectivity index (χ0v) is 20.1. The minimum Gasteiger partial charge on any atom is -0.398 e. The van der Waals surface area contributed by atoms with E-state index in [0.29, 0.717) is 17.3 Å². The van der Waals surface area contributed by atoms with Gasteiger partial charge >= 0.3 is 0 Å². The summed E-state index contributed by atoms with van der Waals surface area (Å²) in [6.45, 7) is 6.75. The highest BCUT2D eigenvalue weighted by molar-refractivity contribution is 7.90. The molecule has 7 heteroatoms. The monoisotopic (exact) mass is 458 g/mol. The third-order valence-electron chi connectivity index (χ3n) is 8.80. The minimum atomic E-state index is 0.409. The number of hydrogen-bond donors (Lipinski definition) is 1. The maximum atomic E-state index is 5.70. The Morgan fingerprint density at radius 3 is 2.84 bits per heavy atom. The summed E-state index contributed by atoms with van der Waals surface area (Å²) in [5.41, 5.74) is 5.61. The highest BCUT2D eigenvalue weighted by atomic mass is 32.2. The molecule has 6 nitrogen and oxygen atoms in total. The Kier molecular flexibility index (Phi) is 6.27. The molecule has 0 amide bonds. The number of nitrogens with two attached hydrogens (primary N) is 1. The Bertz CT molecular complexity index is 963. The molecular weight excluding hydrogens is 424 g/mol. The molecule has 0 radical (unpaired) electrons. The first-order chi connectivity index (χ1) is 15.5. The second kappa shape index (κ2) is 9.01. The summed E-state index contributed by atoms with van der Waals surface area (Å²) in [4.78, 5) is 4.15. The lowest BCUT2D eigenvalue weighted by molar-refractivity contribution is -0.199. The van der Waals surface area contributed by atoms with Crippen LogP contribution in [0.4, 0.5) is 0 Å². The summed E-state index contributed by atoms with van der Waals surface area (Å²) in [5, 5.41) is 4.12. The molecule has 1 aromatic carbocycles. The van der Waals surface area contributed by atoms with Crippen molar-refractivity contribution in [1.29, 1.82) is 0 Å². The van der Waals surface area contributed by atoms with Crippen LogP contribution in [0.3, 0.4) is 0 Å². The van der Waals surface area contributed by atoms with E-state index < -0.39 is 0 Å². The van der Waals surface area contributed by atoms with E-state index in [4.69, 9.17) is 14.6 Å². The highest BCUT2D eigenvalue weighted by Gasteiger charge is 2.54. The molecule has 3 aliphatic carbocycles. The van der Waals surface area contributed by atoms with E-state index >= 15 is 0 Å². The van der Waals surface area contributed by atoms with E-state index in [9.17, 15) is 0 Å². The summed E-state index contributed by atoms with van der Waals surface area (Å²) < 4.78 is 15.9. The molecule has 0 bridgehead atoms. The molecule has 0 spiro atoms. The van der Waals surface area contributed by atoms with Crippen LogP contribution in [0.25, 0.3) is 0 Å². The Balaban J connectivity index is 1.37. The number of hydrogen-bond acceptors (Lipinski definition) is 7. The first kappa shape index (κ1) is 22.3. The van der Waals surface area contributed by atoms with Crippen LogP contribution >= 0.6 is 12.3 Å². The van der Waals surface area contributed by atoms with Gasteiger partial charge in [0.25, 0.3) is 12.3 Å². The number of benzene rings is 1. The molecule has 5 rings (SSSR count). The van der Waals surface area contributed by atoms with Gasteiger partial charge in [-0.3, -0.25) is 0 Å². The SMILES string of the molecule is CCc1cc2c(cc1OSOON)CCC1C2CC[C@@]2(C)C1CC[C@@H]2Cc1cc(C)no1. The average molecular weight is 459 g/mol. The van der Waals surface area contributed by atoms with E-state index in [-0.39, 0.29) is 0 Å². The van der Waals surface area contributed by atoms with E-state index in [2.05, 4.69) is 46.5 Å². The standard InChI is InChI=1S/C25H34N2O4S/c1-4-16-12-22-17(13-24(16)29-32-31-30-26)5-7-21-20(22)9-10-25(3)18(6-8-23(21)25)14-19-11-15(2)27-28-19/h11-13,18,20-21,23H,4-10,14,26H2,1-3H3/t18-,20?,21?,23?,25-/m1/s1. The summed E-state index contributed by atoms with van der Waals surface area (Å²) in [6, 6.07) is 6.74. The van der Waals surface area contributed by atoms with Gasteiger partial charge in [-0.1, -0.05) is 25.1 Å². The van der Waals surface area contributed by atoms with Gasteiger partial charge in [0, 0.05) is 12.5 Å². The fourth-order valence-electron chi connectivity index (χ4n) is 7.27. The van der Waals surface area contributed by atoms with Crippen molar-refractivity contribution < 1.29 is 18.0 Å². The van der Waals surface area contributed by atoms with Gasteiger partial charge < -0.3 is 8.71 Å². The smallest absolute Gasteiger partial charge is 0.260 e. The number of nitrogens with zero attached hydrogens (tertiary/aromatic N) is 1. The van der Waals surface area contributed by atoms with Crippen LogP contribution < -0.4 is 10.1 Å². The zero-order chi connectivity index (χ0) is 22.3. The van der Waals surface area contributed by atoms with Crippen LogP contribution in [0.5, 0.6) is 5.75 Å². The molecule has 1 aromatic heterocycles. The lowest BCUT2D eigenvalue weighted by Crippen LogP contribution is -2.42. The van der Waals surface area contributed by atoms with Gasteiger partial charge in [-0.2, -0.15) is 5.90 Å². The van der Waals surface area contributed by atoms with E-state index in [1.165, 1.54) is 43.2 Å². The Hall–Kier alpha value is -1.54. The normalized spacial score (nSPS) is 31.1. The first-order valence-electron chi connectivity index (χ1n) is 12.0. The summed E-state index contributed by atoms with van der Waals surface area (Å²) in [7, 11) is 0. The quantitative estimate of drug-likeness (QED) is 0.235. The summed E-state index contributed by atoms with van der Waals surface area (Å²) >= 11 is 0.764. The van der Waals surface area contributed by atoms with Crippen molar-refractivity contribution in [2.24, 2.45) is 29.1 Å². The summed E-state index contributed by atoms with van der Waals surface area (Å²) in [5.74, 6) is 9.79. The highest BCUT2D eigenvalue weighted by Crippen LogP contribution is 2.63. The molecule has 0 saturated heterocycles.